The average molecular weight is 463 g/mol. The molecule has 7 nitrogen and oxygen atoms in total. The van der Waals surface area contributed by atoms with E-state index in [-0.39, 0.29) is 17.4 Å². The lowest BCUT2D eigenvalue weighted by molar-refractivity contribution is -0.132. The van der Waals surface area contributed by atoms with E-state index >= 15 is 0 Å². The smallest absolute Gasteiger partial charge is 0.245 e. The van der Waals surface area contributed by atoms with Crippen molar-refractivity contribution >= 4 is 33.5 Å². The molecule has 0 bridgehead atoms. The van der Waals surface area contributed by atoms with Crippen LogP contribution in [-0.4, -0.2) is 43.6 Å². The molecule has 2 fully saturated rings. The fourth-order valence-electron chi connectivity index (χ4n) is 5.71. The lowest BCUT2D eigenvalue weighted by atomic mass is 9.61. The van der Waals surface area contributed by atoms with E-state index in [1.54, 1.807) is 0 Å². The first-order valence-electron chi connectivity index (χ1n) is 12.0. The number of fused-ring (bicyclic) bond motifs is 2. The maximum atomic E-state index is 12.2. The fraction of sp³-hybridized carbons (Fsp3) is 0.286. The average Bonchev–Trinajstić information content (AvgIpc) is 3.25. The molecule has 4 aromatic rings. The zero-order chi connectivity index (χ0) is 24.0. The number of carbonyl (C=O) groups is 1. The first-order valence-corrected chi connectivity index (χ1v) is 12.0. The van der Waals surface area contributed by atoms with Crippen LogP contribution in [0.1, 0.15) is 43.0 Å². The Morgan fingerprint density at radius 3 is 2.80 bits per heavy atom. The van der Waals surface area contributed by atoms with E-state index in [1.165, 1.54) is 17.8 Å². The van der Waals surface area contributed by atoms with Crippen molar-refractivity contribution in [3.05, 3.63) is 72.7 Å². The molecule has 1 spiro atoms. The highest BCUT2D eigenvalue weighted by molar-refractivity contribution is 5.91. The zero-order valence-corrected chi connectivity index (χ0v) is 19.4. The van der Waals surface area contributed by atoms with Gasteiger partial charge in [-0.3, -0.25) is 4.79 Å². The molecule has 2 aliphatic rings. The number of piperidine rings is 1. The molecule has 2 aromatic heterocycles. The minimum absolute atomic E-state index is 0.0174. The number of anilines is 1. The normalized spacial score (nSPS) is 21.5. The van der Waals surface area contributed by atoms with Crippen molar-refractivity contribution in [2.45, 2.75) is 31.7 Å². The number of benzene rings is 2. The van der Waals surface area contributed by atoms with Gasteiger partial charge in [0.1, 0.15) is 17.8 Å². The van der Waals surface area contributed by atoms with E-state index in [0.29, 0.717) is 16.9 Å². The third-order valence-corrected chi connectivity index (χ3v) is 7.42. The van der Waals surface area contributed by atoms with E-state index in [0.717, 1.165) is 55.4 Å². The van der Waals surface area contributed by atoms with Gasteiger partial charge in [-0.2, -0.15) is 5.10 Å². The third kappa shape index (κ3) is 3.71. The Kier molecular flexibility index (Phi) is 5.03. The van der Waals surface area contributed by atoms with E-state index < -0.39 is 0 Å². The predicted octanol–water partition coefficient (Wildman–Crippen LogP) is 4.09. The van der Waals surface area contributed by atoms with Gasteiger partial charge in [0.25, 0.3) is 0 Å². The predicted molar refractivity (Wildman–Crippen MR) is 136 cm³/mol. The molecule has 1 saturated heterocycles. The molecule has 0 radical (unpaired) electrons. The Morgan fingerprint density at radius 2 is 1.97 bits per heavy atom. The summed E-state index contributed by atoms with van der Waals surface area (Å²) < 4.78 is 1.97. The first-order chi connectivity index (χ1) is 17.0. The minimum atomic E-state index is 0.0174. The van der Waals surface area contributed by atoms with Crippen molar-refractivity contribution in [2.75, 3.05) is 18.8 Å². The highest BCUT2D eigenvalue weighted by atomic mass is 16.2. The van der Waals surface area contributed by atoms with Gasteiger partial charge in [-0.25, -0.2) is 14.6 Å². The molecule has 0 atom stereocenters. The number of carbonyl (C=O) groups excluding carboxylic acids is 1. The summed E-state index contributed by atoms with van der Waals surface area (Å²) in [4.78, 5) is 22.8. The van der Waals surface area contributed by atoms with E-state index in [9.17, 15) is 4.79 Å². The maximum absolute atomic E-state index is 12.2. The van der Waals surface area contributed by atoms with Crippen LogP contribution in [0, 0.1) is 17.3 Å². The maximum Gasteiger partial charge on any atom is 0.245 e. The summed E-state index contributed by atoms with van der Waals surface area (Å²) in [5.41, 5.74) is 8.61. The van der Waals surface area contributed by atoms with Crippen molar-refractivity contribution in [2.24, 2.45) is 5.41 Å². The van der Waals surface area contributed by atoms with Crippen molar-refractivity contribution in [1.82, 2.24) is 24.6 Å². The molecule has 7 heteroatoms. The monoisotopic (exact) mass is 462 g/mol. The Hall–Kier alpha value is -4.18. The van der Waals surface area contributed by atoms with Gasteiger partial charge >= 0.3 is 0 Å². The van der Waals surface area contributed by atoms with Crippen LogP contribution in [0.4, 0.5) is 5.82 Å². The van der Waals surface area contributed by atoms with Gasteiger partial charge in [-0.15, -0.1) is 0 Å². The van der Waals surface area contributed by atoms with Crippen LogP contribution in [0.5, 0.6) is 0 Å². The van der Waals surface area contributed by atoms with Crippen LogP contribution in [0.3, 0.4) is 0 Å². The van der Waals surface area contributed by atoms with Crippen LogP contribution in [0.2, 0.25) is 0 Å². The number of likely N-dealkylation sites (tertiary alicyclic amines) is 1. The number of nitrogen functional groups attached to an aromatic ring is 1. The lowest BCUT2D eigenvalue weighted by Crippen LogP contribution is -2.52. The van der Waals surface area contributed by atoms with Gasteiger partial charge in [-0.05, 0) is 66.0 Å². The van der Waals surface area contributed by atoms with Crippen molar-refractivity contribution in [3.63, 3.8) is 0 Å². The Morgan fingerprint density at radius 1 is 1.14 bits per heavy atom. The summed E-state index contributed by atoms with van der Waals surface area (Å²) >= 11 is 0. The molecule has 0 unspecified atom stereocenters. The molecule has 2 aromatic carbocycles. The molecular weight excluding hydrogens is 436 g/mol. The molecule has 6 rings (SSSR count). The zero-order valence-electron chi connectivity index (χ0n) is 19.4. The van der Waals surface area contributed by atoms with Crippen molar-refractivity contribution in [1.29, 1.82) is 0 Å². The Bertz CT molecular complexity index is 1540. The van der Waals surface area contributed by atoms with E-state index in [2.05, 4.69) is 52.7 Å². The SMILES string of the molecule is C=CC(=O)N1CCCC2(CC(n3nc(C#Cc4ccc5ccccc5c4)c4c(N)ncnc43)C2)C1. The molecule has 1 saturated carbocycles. The number of hydrogen-bond acceptors (Lipinski definition) is 5. The second kappa shape index (κ2) is 8.24. The van der Waals surface area contributed by atoms with Gasteiger partial charge in [0.2, 0.25) is 5.91 Å². The summed E-state index contributed by atoms with van der Waals surface area (Å²) in [6, 6.07) is 14.6. The summed E-state index contributed by atoms with van der Waals surface area (Å²) in [6.45, 7) is 5.23. The molecule has 174 valence electrons. The molecule has 2 N–H and O–H groups in total. The first kappa shape index (κ1) is 21.4. The van der Waals surface area contributed by atoms with Crippen LogP contribution < -0.4 is 5.73 Å². The van der Waals surface area contributed by atoms with Crippen LogP contribution in [0.15, 0.2) is 61.4 Å². The number of nitrogens with two attached hydrogens (primary N) is 1. The van der Waals surface area contributed by atoms with Gasteiger partial charge in [0.15, 0.2) is 5.65 Å². The summed E-state index contributed by atoms with van der Waals surface area (Å²) in [5, 5.41) is 7.89. The molecule has 35 heavy (non-hydrogen) atoms. The van der Waals surface area contributed by atoms with Crippen molar-refractivity contribution in [3.8, 4) is 11.8 Å². The summed E-state index contributed by atoms with van der Waals surface area (Å²) in [7, 11) is 0. The van der Waals surface area contributed by atoms with Crippen LogP contribution >= 0.6 is 0 Å². The highest BCUT2D eigenvalue weighted by Crippen LogP contribution is 2.54. The van der Waals surface area contributed by atoms with E-state index in [4.69, 9.17) is 10.8 Å². The van der Waals surface area contributed by atoms with Gasteiger partial charge in [0, 0.05) is 18.7 Å². The summed E-state index contributed by atoms with van der Waals surface area (Å²) in [6.07, 6.45) is 6.93. The standard InChI is InChI=1S/C28H26N6O/c1-2-24(35)33-13-5-12-28(17-33)15-22(16-28)34-27-25(26(29)30-18-31-27)23(32-34)11-9-19-8-10-20-6-3-4-7-21(20)14-19/h2-4,6-8,10,14,18,22H,1,5,12-13,15-17H2,(H2,29,30,31). The number of hydrogen-bond donors (Lipinski definition) is 1. The second-order valence-electron chi connectivity index (χ2n) is 9.69. The minimum Gasteiger partial charge on any atom is -0.383 e. The lowest BCUT2D eigenvalue weighted by Gasteiger charge is -2.52. The van der Waals surface area contributed by atoms with Crippen LogP contribution in [-0.2, 0) is 4.79 Å². The molecule has 1 amide bonds. The number of amides is 1. The van der Waals surface area contributed by atoms with E-state index in [1.807, 2.05) is 27.8 Å². The highest BCUT2D eigenvalue weighted by Gasteiger charge is 2.48. The topological polar surface area (TPSA) is 89.9 Å². The molecule has 1 aliphatic carbocycles. The van der Waals surface area contributed by atoms with Crippen molar-refractivity contribution < 1.29 is 4.79 Å². The number of rotatable bonds is 2. The Labute approximate surface area is 203 Å². The Balaban J connectivity index is 1.31. The number of nitrogens with zero attached hydrogens (tertiary/aromatic N) is 5. The van der Waals surface area contributed by atoms with Gasteiger partial charge < -0.3 is 10.6 Å². The van der Waals surface area contributed by atoms with Gasteiger partial charge in [-0.1, -0.05) is 42.8 Å². The molecule has 1 aliphatic heterocycles. The van der Waals surface area contributed by atoms with Gasteiger partial charge in [0.05, 0.1) is 11.4 Å². The molecule has 3 heterocycles. The third-order valence-electron chi connectivity index (χ3n) is 7.42. The van der Waals surface area contributed by atoms with Crippen LogP contribution in [0.25, 0.3) is 21.8 Å². The summed E-state index contributed by atoms with van der Waals surface area (Å²) in [5.74, 6) is 6.88. The quantitative estimate of drug-likeness (QED) is 0.358. The second-order valence-corrected chi connectivity index (χ2v) is 9.69. The fourth-order valence-corrected chi connectivity index (χ4v) is 5.71. The largest absolute Gasteiger partial charge is 0.383 e. The number of aromatic nitrogens is 4. The molecular formula is C28H26N6O.